The summed E-state index contributed by atoms with van der Waals surface area (Å²) in [5.74, 6) is 0.389. The van der Waals surface area contributed by atoms with Crippen molar-refractivity contribution in [3.63, 3.8) is 0 Å². The highest BCUT2D eigenvalue weighted by Crippen LogP contribution is 2.11. The average Bonchev–Trinajstić information content (AvgIpc) is 2.87. The van der Waals surface area contributed by atoms with Crippen LogP contribution in [0.3, 0.4) is 0 Å². The summed E-state index contributed by atoms with van der Waals surface area (Å²) in [6.07, 6.45) is 5.83. The molecule has 2 aromatic heterocycles. The molecule has 19 heavy (non-hydrogen) atoms. The Morgan fingerprint density at radius 1 is 1.32 bits per heavy atom. The normalized spacial score (nSPS) is 10.9. The van der Waals surface area contributed by atoms with E-state index in [1.54, 1.807) is 23.3 Å². The summed E-state index contributed by atoms with van der Waals surface area (Å²) < 4.78 is 7.11. The second-order valence-electron chi connectivity index (χ2n) is 4.16. The van der Waals surface area contributed by atoms with Gasteiger partial charge in [-0.05, 0) is 32.1 Å². The largest absolute Gasteiger partial charge is 0.463 e. The molecule has 0 fully saturated rings. The van der Waals surface area contributed by atoms with Gasteiger partial charge in [-0.3, -0.25) is 4.57 Å². The highest BCUT2D eigenvalue weighted by Gasteiger charge is 2.07. The molecule has 0 aliphatic carbocycles. The second kappa shape index (κ2) is 6.44. The smallest absolute Gasteiger partial charge is 0.322 e. The molecule has 0 bridgehead atoms. The van der Waals surface area contributed by atoms with Crippen LogP contribution in [0.15, 0.2) is 18.7 Å². The van der Waals surface area contributed by atoms with Gasteiger partial charge in [0.2, 0.25) is 11.2 Å². The van der Waals surface area contributed by atoms with Gasteiger partial charge in [-0.1, -0.05) is 0 Å². The van der Waals surface area contributed by atoms with Gasteiger partial charge in [0, 0.05) is 18.9 Å². The van der Waals surface area contributed by atoms with Gasteiger partial charge < -0.3 is 9.64 Å². The van der Waals surface area contributed by atoms with Crippen molar-refractivity contribution in [3.05, 3.63) is 24.0 Å². The molecule has 0 atom stereocenters. The Morgan fingerprint density at radius 2 is 2.16 bits per heavy atom. The molecule has 0 aliphatic rings. The second-order valence-corrected chi connectivity index (χ2v) is 4.50. The Morgan fingerprint density at radius 3 is 2.84 bits per heavy atom. The minimum atomic E-state index is 0.0984. The van der Waals surface area contributed by atoms with Gasteiger partial charge in [0.1, 0.15) is 6.33 Å². The van der Waals surface area contributed by atoms with E-state index in [1.165, 1.54) is 0 Å². The molecule has 0 saturated carbocycles. The van der Waals surface area contributed by atoms with Crippen LogP contribution in [-0.4, -0.2) is 56.6 Å². The summed E-state index contributed by atoms with van der Waals surface area (Å²) in [7, 11) is 4.02. The van der Waals surface area contributed by atoms with Crippen molar-refractivity contribution in [1.82, 2.24) is 29.4 Å². The maximum atomic E-state index is 5.85. The summed E-state index contributed by atoms with van der Waals surface area (Å²) in [6.45, 7) is 1.47. The fraction of sp³-hybridized carbons (Fsp3) is 0.455. The lowest BCUT2D eigenvalue weighted by molar-refractivity contribution is 0.263. The number of rotatable bonds is 6. The molecule has 7 nitrogen and oxygen atoms in total. The molecule has 2 aromatic rings. The van der Waals surface area contributed by atoms with Crippen molar-refractivity contribution in [1.29, 1.82) is 0 Å². The van der Waals surface area contributed by atoms with E-state index in [0.29, 0.717) is 12.6 Å². The minimum absolute atomic E-state index is 0.0984. The average molecular weight is 283 g/mol. The number of halogens is 1. The molecule has 0 unspecified atom stereocenters. The fourth-order valence-corrected chi connectivity index (χ4v) is 1.57. The van der Waals surface area contributed by atoms with Gasteiger partial charge in [-0.25, -0.2) is 4.98 Å². The first-order chi connectivity index (χ1) is 9.15. The van der Waals surface area contributed by atoms with E-state index in [4.69, 9.17) is 16.3 Å². The van der Waals surface area contributed by atoms with Crippen molar-refractivity contribution < 1.29 is 4.74 Å². The number of hydrogen-bond acceptors (Lipinski definition) is 6. The lowest BCUT2D eigenvalue weighted by Gasteiger charge is -2.09. The first kappa shape index (κ1) is 13.7. The van der Waals surface area contributed by atoms with Crippen LogP contribution in [0, 0.1) is 0 Å². The van der Waals surface area contributed by atoms with Crippen LogP contribution in [0.5, 0.6) is 6.01 Å². The summed E-state index contributed by atoms with van der Waals surface area (Å²) >= 11 is 5.85. The zero-order chi connectivity index (χ0) is 13.7. The van der Waals surface area contributed by atoms with Gasteiger partial charge in [-0.2, -0.15) is 15.0 Å². The molecule has 0 radical (unpaired) electrons. The van der Waals surface area contributed by atoms with Crippen molar-refractivity contribution in [3.8, 4) is 12.0 Å². The monoisotopic (exact) mass is 282 g/mol. The number of nitrogens with zero attached hydrogens (tertiary/aromatic N) is 6. The molecule has 8 heteroatoms. The Kier molecular flexibility index (Phi) is 4.64. The third-order valence-electron chi connectivity index (χ3n) is 2.29. The van der Waals surface area contributed by atoms with Gasteiger partial charge in [0.15, 0.2) is 0 Å². The zero-order valence-electron chi connectivity index (χ0n) is 10.8. The van der Waals surface area contributed by atoms with Gasteiger partial charge in [0.05, 0.1) is 6.61 Å². The Bertz CT molecular complexity index is 516. The molecule has 0 aliphatic heterocycles. The lowest BCUT2D eigenvalue weighted by Crippen LogP contribution is -2.16. The lowest BCUT2D eigenvalue weighted by atomic mass is 10.4. The Hall–Kier alpha value is -1.73. The minimum Gasteiger partial charge on any atom is -0.463 e. The third-order valence-corrected chi connectivity index (χ3v) is 2.46. The van der Waals surface area contributed by atoms with E-state index in [2.05, 4.69) is 24.8 Å². The third kappa shape index (κ3) is 4.15. The van der Waals surface area contributed by atoms with E-state index in [9.17, 15) is 0 Å². The quantitative estimate of drug-likeness (QED) is 0.738. The van der Waals surface area contributed by atoms with Crippen molar-refractivity contribution in [2.24, 2.45) is 0 Å². The molecular formula is C11H15ClN6O. The first-order valence-corrected chi connectivity index (χ1v) is 6.20. The van der Waals surface area contributed by atoms with Gasteiger partial charge >= 0.3 is 6.01 Å². The van der Waals surface area contributed by atoms with E-state index < -0.39 is 0 Å². The molecule has 0 amide bonds. The highest BCUT2D eigenvalue weighted by atomic mass is 35.5. The molecule has 0 N–H and O–H groups in total. The summed E-state index contributed by atoms with van der Waals surface area (Å²) in [5, 5.41) is 0.0984. The standard InChI is InChI=1S/C11H15ClN6O/c1-17(2)5-3-7-19-11-15-9(12)14-10(16-11)18-6-4-13-8-18/h4,6,8H,3,5,7H2,1-2H3. The predicted octanol–water partition coefficient (Wildman–Crippen LogP) is 1.04. The SMILES string of the molecule is CN(C)CCCOc1nc(Cl)nc(-n2ccnc2)n1. The summed E-state index contributed by atoms with van der Waals surface area (Å²) in [6, 6.07) is 0.224. The molecule has 2 rings (SSSR count). The van der Waals surface area contributed by atoms with Gasteiger partial charge in [0.25, 0.3) is 0 Å². The topological polar surface area (TPSA) is 69.0 Å². The van der Waals surface area contributed by atoms with E-state index in [0.717, 1.165) is 13.0 Å². The molecule has 2 heterocycles. The van der Waals surface area contributed by atoms with Crippen LogP contribution >= 0.6 is 11.6 Å². The molecular weight excluding hydrogens is 268 g/mol. The van der Waals surface area contributed by atoms with E-state index in [1.807, 2.05) is 14.1 Å². The van der Waals surface area contributed by atoms with Crippen LogP contribution < -0.4 is 4.74 Å². The number of imidazole rings is 1. The molecule has 0 spiro atoms. The summed E-state index contributed by atoms with van der Waals surface area (Å²) in [4.78, 5) is 18.1. The van der Waals surface area contributed by atoms with E-state index >= 15 is 0 Å². The first-order valence-electron chi connectivity index (χ1n) is 5.82. The van der Waals surface area contributed by atoms with Crippen LogP contribution in [0.2, 0.25) is 5.28 Å². The fourth-order valence-electron chi connectivity index (χ4n) is 1.42. The van der Waals surface area contributed by atoms with Crippen molar-refractivity contribution in [2.45, 2.75) is 6.42 Å². The molecule has 0 saturated heterocycles. The number of aromatic nitrogens is 5. The van der Waals surface area contributed by atoms with Gasteiger partial charge in [-0.15, -0.1) is 0 Å². The Balaban J connectivity index is 2.01. The molecule has 0 aromatic carbocycles. The highest BCUT2D eigenvalue weighted by molar-refractivity contribution is 6.28. The number of hydrogen-bond donors (Lipinski definition) is 0. The van der Waals surface area contributed by atoms with Crippen molar-refractivity contribution in [2.75, 3.05) is 27.2 Å². The van der Waals surface area contributed by atoms with Crippen LogP contribution in [0.4, 0.5) is 0 Å². The zero-order valence-corrected chi connectivity index (χ0v) is 11.6. The maximum absolute atomic E-state index is 5.85. The predicted molar refractivity (Wildman–Crippen MR) is 70.6 cm³/mol. The van der Waals surface area contributed by atoms with Crippen molar-refractivity contribution >= 4 is 11.6 Å². The van der Waals surface area contributed by atoms with Crippen LogP contribution in [-0.2, 0) is 0 Å². The number of ether oxygens (including phenoxy) is 1. The Labute approximate surface area is 116 Å². The maximum Gasteiger partial charge on any atom is 0.322 e. The molecule has 102 valence electrons. The van der Waals surface area contributed by atoms with E-state index in [-0.39, 0.29) is 11.3 Å². The van der Waals surface area contributed by atoms with Crippen LogP contribution in [0.25, 0.3) is 5.95 Å². The summed E-state index contributed by atoms with van der Waals surface area (Å²) in [5.41, 5.74) is 0. The van der Waals surface area contributed by atoms with Crippen LogP contribution in [0.1, 0.15) is 6.42 Å².